The van der Waals surface area contributed by atoms with Crippen molar-refractivity contribution in [2.45, 2.75) is 38.9 Å². The first-order chi connectivity index (χ1) is 11.1. The summed E-state index contributed by atoms with van der Waals surface area (Å²) in [5.41, 5.74) is 6.94. The lowest BCUT2D eigenvalue weighted by Crippen LogP contribution is -2.45. The van der Waals surface area contributed by atoms with Crippen LogP contribution in [-0.2, 0) is 11.2 Å². The van der Waals surface area contributed by atoms with Crippen molar-refractivity contribution in [1.29, 1.82) is 0 Å². The zero-order valence-corrected chi connectivity index (χ0v) is 14.2. The molecule has 1 aromatic heterocycles. The van der Waals surface area contributed by atoms with Crippen LogP contribution < -0.4 is 11.1 Å². The van der Waals surface area contributed by atoms with Gasteiger partial charge in [-0.2, -0.15) is 0 Å². The Hall–Kier alpha value is -1.66. The number of pyridine rings is 1. The Labute approximate surface area is 139 Å². The first kappa shape index (κ1) is 17.7. The average molecular weight is 319 g/mol. The summed E-state index contributed by atoms with van der Waals surface area (Å²) in [6, 6.07) is 5.93. The van der Waals surface area contributed by atoms with Crippen molar-refractivity contribution in [2.24, 2.45) is 10.7 Å². The highest BCUT2D eigenvalue weighted by atomic mass is 16.5. The number of nitrogens with one attached hydrogen (secondary N) is 1. The summed E-state index contributed by atoms with van der Waals surface area (Å²) in [6.07, 6.45) is 4.31. The number of nitrogens with two attached hydrogens (primary N) is 1. The molecule has 0 amide bonds. The van der Waals surface area contributed by atoms with Crippen LogP contribution in [0.1, 0.15) is 26.0 Å². The molecule has 2 rings (SSSR count). The maximum Gasteiger partial charge on any atom is 0.188 e. The summed E-state index contributed by atoms with van der Waals surface area (Å²) in [5.74, 6) is 0.518. The molecule has 0 spiro atoms. The molecular formula is C17H29N5O. The lowest BCUT2D eigenvalue weighted by molar-refractivity contribution is -0.0679. The van der Waals surface area contributed by atoms with Gasteiger partial charge < -0.3 is 15.8 Å². The van der Waals surface area contributed by atoms with Gasteiger partial charge in [-0.05, 0) is 32.4 Å². The van der Waals surface area contributed by atoms with Crippen LogP contribution in [0.3, 0.4) is 0 Å². The van der Waals surface area contributed by atoms with Gasteiger partial charge in [0.25, 0.3) is 0 Å². The number of aliphatic imine (C=N–C) groups is 1. The Morgan fingerprint density at radius 2 is 2.17 bits per heavy atom. The highest BCUT2D eigenvalue weighted by Gasteiger charge is 2.21. The van der Waals surface area contributed by atoms with E-state index < -0.39 is 0 Å². The Bertz CT molecular complexity index is 469. The van der Waals surface area contributed by atoms with Gasteiger partial charge in [0.2, 0.25) is 0 Å². The van der Waals surface area contributed by atoms with E-state index in [0.717, 1.165) is 51.3 Å². The maximum absolute atomic E-state index is 5.89. The van der Waals surface area contributed by atoms with E-state index in [9.17, 15) is 0 Å². The second-order valence-corrected chi connectivity index (χ2v) is 6.14. The third kappa shape index (κ3) is 6.97. The van der Waals surface area contributed by atoms with Crippen LogP contribution in [0, 0.1) is 0 Å². The highest BCUT2D eigenvalue weighted by molar-refractivity contribution is 5.77. The molecule has 6 heteroatoms. The molecule has 128 valence electrons. The Morgan fingerprint density at radius 3 is 2.87 bits per heavy atom. The van der Waals surface area contributed by atoms with Gasteiger partial charge >= 0.3 is 0 Å². The first-order valence-electron chi connectivity index (χ1n) is 8.45. The molecule has 1 fully saturated rings. The van der Waals surface area contributed by atoms with E-state index in [1.165, 1.54) is 0 Å². The van der Waals surface area contributed by atoms with Crippen LogP contribution in [-0.4, -0.2) is 60.8 Å². The van der Waals surface area contributed by atoms with Gasteiger partial charge in [-0.25, -0.2) is 0 Å². The van der Waals surface area contributed by atoms with E-state index in [2.05, 4.69) is 34.0 Å². The van der Waals surface area contributed by atoms with Gasteiger partial charge in [0.05, 0.1) is 12.2 Å². The molecule has 0 aromatic carbocycles. The average Bonchev–Trinajstić information content (AvgIpc) is 2.52. The van der Waals surface area contributed by atoms with Crippen molar-refractivity contribution in [1.82, 2.24) is 15.2 Å². The molecule has 0 radical (unpaired) electrons. The van der Waals surface area contributed by atoms with Gasteiger partial charge in [-0.3, -0.25) is 14.9 Å². The summed E-state index contributed by atoms with van der Waals surface area (Å²) >= 11 is 0. The Morgan fingerprint density at radius 1 is 1.39 bits per heavy atom. The minimum Gasteiger partial charge on any atom is -0.373 e. The second-order valence-electron chi connectivity index (χ2n) is 6.14. The van der Waals surface area contributed by atoms with Crippen LogP contribution in [0.2, 0.25) is 0 Å². The SMILES string of the molecule is CC1CN(CCCN=C(N)NCCc2ccccn2)CC(C)O1. The zero-order valence-electron chi connectivity index (χ0n) is 14.2. The normalized spacial score (nSPS) is 23.0. The molecule has 2 atom stereocenters. The molecule has 1 aliphatic heterocycles. The molecule has 0 bridgehead atoms. The number of guanidine groups is 1. The molecule has 1 aromatic rings. The van der Waals surface area contributed by atoms with Gasteiger partial charge in [-0.1, -0.05) is 6.07 Å². The molecule has 0 aliphatic carbocycles. The number of hydrogen-bond donors (Lipinski definition) is 2. The van der Waals surface area contributed by atoms with E-state index >= 15 is 0 Å². The first-order valence-corrected chi connectivity index (χ1v) is 8.45. The summed E-state index contributed by atoms with van der Waals surface area (Å²) in [4.78, 5) is 11.1. The zero-order chi connectivity index (χ0) is 16.5. The largest absolute Gasteiger partial charge is 0.373 e. The number of hydrogen-bond acceptors (Lipinski definition) is 4. The topological polar surface area (TPSA) is 75.8 Å². The molecule has 3 N–H and O–H groups in total. The maximum atomic E-state index is 5.89. The Kier molecular flexibility index (Phi) is 7.29. The van der Waals surface area contributed by atoms with Crippen molar-refractivity contribution in [3.63, 3.8) is 0 Å². The number of rotatable bonds is 7. The second kappa shape index (κ2) is 9.47. The Balaban J connectivity index is 1.57. The molecular weight excluding hydrogens is 290 g/mol. The van der Waals surface area contributed by atoms with Crippen molar-refractivity contribution < 1.29 is 4.74 Å². The third-order valence-corrected chi connectivity index (χ3v) is 3.82. The van der Waals surface area contributed by atoms with Gasteiger partial charge in [0, 0.05) is 51.0 Å². The van der Waals surface area contributed by atoms with Crippen molar-refractivity contribution >= 4 is 5.96 Å². The lowest BCUT2D eigenvalue weighted by atomic mass is 10.2. The molecule has 0 saturated carbocycles. The van der Waals surface area contributed by atoms with E-state index in [1.807, 2.05) is 18.2 Å². The summed E-state index contributed by atoms with van der Waals surface area (Å²) in [7, 11) is 0. The molecule has 2 unspecified atom stereocenters. The quantitative estimate of drug-likeness (QED) is 0.446. The monoisotopic (exact) mass is 319 g/mol. The number of morpholine rings is 1. The van der Waals surface area contributed by atoms with Crippen molar-refractivity contribution in [2.75, 3.05) is 32.7 Å². The molecule has 6 nitrogen and oxygen atoms in total. The summed E-state index contributed by atoms with van der Waals surface area (Å²) < 4.78 is 5.74. The summed E-state index contributed by atoms with van der Waals surface area (Å²) in [6.45, 7) is 8.82. The van der Waals surface area contributed by atoms with Crippen molar-refractivity contribution in [3.05, 3.63) is 30.1 Å². The predicted molar refractivity (Wildman–Crippen MR) is 93.5 cm³/mol. The smallest absolute Gasteiger partial charge is 0.188 e. The van der Waals surface area contributed by atoms with Crippen LogP contribution in [0.25, 0.3) is 0 Å². The van der Waals surface area contributed by atoms with E-state index in [0.29, 0.717) is 18.2 Å². The highest BCUT2D eigenvalue weighted by Crippen LogP contribution is 2.10. The lowest BCUT2D eigenvalue weighted by Gasteiger charge is -2.35. The van der Waals surface area contributed by atoms with Crippen LogP contribution in [0.4, 0.5) is 0 Å². The predicted octanol–water partition coefficient (Wildman–Crippen LogP) is 1.03. The van der Waals surface area contributed by atoms with Gasteiger partial charge in [0.1, 0.15) is 0 Å². The van der Waals surface area contributed by atoms with Crippen LogP contribution in [0.15, 0.2) is 29.4 Å². The number of nitrogens with zero attached hydrogens (tertiary/aromatic N) is 3. The fourth-order valence-corrected chi connectivity index (χ4v) is 2.88. The van der Waals surface area contributed by atoms with E-state index in [4.69, 9.17) is 10.5 Å². The van der Waals surface area contributed by atoms with Gasteiger partial charge in [-0.15, -0.1) is 0 Å². The summed E-state index contributed by atoms with van der Waals surface area (Å²) in [5, 5.41) is 3.14. The molecule has 1 saturated heterocycles. The number of aromatic nitrogens is 1. The van der Waals surface area contributed by atoms with Gasteiger partial charge in [0.15, 0.2) is 5.96 Å². The number of ether oxygens (including phenoxy) is 1. The third-order valence-electron chi connectivity index (χ3n) is 3.82. The van der Waals surface area contributed by atoms with E-state index in [1.54, 1.807) is 6.20 Å². The minimum atomic E-state index is 0.320. The van der Waals surface area contributed by atoms with E-state index in [-0.39, 0.29) is 0 Å². The fraction of sp³-hybridized carbons (Fsp3) is 0.647. The van der Waals surface area contributed by atoms with Crippen molar-refractivity contribution in [3.8, 4) is 0 Å². The standard InChI is InChI=1S/C17H29N5O/c1-14-12-22(13-15(2)23-14)11-5-9-20-17(18)21-10-7-16-6-3-4-8-19-16/h3-4,6,8,14-15H,5,7,9-13H2,1-2H3,(H3,18,20,21). The van der Waals surface area contributed by atoms with Crippen LogP contribution in [0.5, 0.6) is 0 Å². The fourth-order valence-electron chi connectivity index (χ4n) is 2.88. The minimum absolute atomic E-state index is 0.320. The molecule has 2 heterocycles. The molecule has 1 aliphatic rings. The van der Waals surface area contributed by atoms with Crippen LogP contribution >= 0.6 is 0 Å². The molecule has 23 heavy (non-hydrogen) atoms.